The molecule has 3 rings (SSSR count). The molecule has 32 heavy (non-hydrogen) atoms. The van der Waals surface area contributed by atoms with Gasteiger partial charge in [0.15, 0.2) is 0 Å². The van der Waals surface area contributed by atoms with Crippen LogP contribution >= 0.6 is 11.6 Å². The van der Waals surface area contributed by atoms with E-state index in [4.69, 9.17) is 25.8 Å². The van der Waals surface area contributed by atoms with Crippen LogP contribution in [0.15, 0.2) is 67.3 Å². The molecular weight excluding hydrogens is 426 g/mol. The van der Waals surface area contributed by atoms with Crippen molar-refractivity contribution in [1.29, 1.82) is 0 Å². The molecule has 0 unspecified atom stereocenters. The van der Waals surface area contributed by atoms with Crippen LogP contribution in [-0.2, 0) is 6.54 Å². The molecule has 2 N–H and O–H groups in total. The summed E-state index contributed by atoms with van der Waals surface area (Å²) in [6, 6.07) is 16.7. The number of aliphatic hydroxyl groups is 1. The predicted molar refractivity (Wildman–Crippen MR) is 129 cm³/mol. The Morgan fingerprint density at radius 3 is 2.56 bits per heavy atom. The number of benzene rings is 3. The summed E-state index contributed by atoms with van der Waals surface area (Å²) in [5.41, 5.74) is 4.02. The molecule has 3 aromatic carbocycles. The summed E-state index contributed by atoms with van der Waals surface area (Å²) in [6.45, 7) is 6.51. The van der Waals surface area contributed by atoms with Gasteiger partial charge < -0.3 is 24.6 Å². The monoisotopic (exact) mass is 453 g/mol. The van der Waals surface area contributed by atoms with E-state index in [0.717, 1.165) is 33.9 Å². The lowest BCUT2D eigenvalue weighted by atomic mass is 9.95. The number of ether oxygens (including phenoxy) is 3. The van der Waals surface area contributed by atoms with Crippen molar-refractivity contribution < 1.29 is 19.3 Å². The molecular formula is C26H28ClNO4. The van der Waals surface area contributed by atoms with Crippen LogP contribution in [0.3, 0.4) is 0 Å². The Kier molecular flexibility index (Phi) is 8.03. The van der Waals surface area contributed by atoms with E-state index in [1.165, 1.54) is 0 Å². The number of aliphatic hydroxyl groups excluding tert-OH is 1. The first kappa shape index (κ1) is 23.5. The van der Waals surface area contributed by atoms with Gasteiger partial charge in [-0.15, -0.1) is 0 Å². The highest BCUT2D eigenvalue weighted by Crippen LogP contribution is 2.35. The average Bonchev–Trinajstić information content (AvgIpc) is 2.82. The Hall–Kier alpha value is -3.15. The molecule has 0 amide bonds. The number of nitrogens with one attached hydrogen (secondary N) is 1. The number of hydrogen-bond acceptors (Lipinski definition) is 5. The van der Waals surface area contributed by atoms with Crippen LogP contribution in [0.4, 0.5) is 5.69 Å². The van der Waals surface area contributed by atoms with Crippen molar-refractivity contribution in [3.63, 3.8) is 0 Å². The SMILES string of the molecule is C=CCOc1cccc([C@@H](O)c2cc(Cl)ccc2NCc2ccc(OC)cc2OC)c1C. The van der Waals surface area contributed by atoms with Gasteiger partial charge >= 0.3 is 0 Å². The van der Waals surface area contributed by atoms with Crippen molar-refractivity contribution in [2.75, 3.05) is 26.1 Å². The fourth-order valence-electron chi connectivity index (χ4n) is 3.51. The molecule has 0 saturated heterocycles. The van der Waals surface area contributed by atoms with E-state index in [1.54, 1.807) is 32.4 Å². The maximum Gasteiger partial charge on any atom is 0.127 e. The molecule has 0 bridgehead atoms. The molecule has 3 aromatic rings. The van der Waals surface area contributed by atoms with E-state index >= 15 is 0 Å². The maximum atomic E-state index is 11.3. The van der Waals surface area contributed by atoms with Gasteiger partial charge in [-0.1, -0.05) is 36.4 Å². The Balaban J connectivity index is 1.90. The first-order chi connectivity index (χ1) is 15.5. The Morgan fingerprint density at radius 1 is 1.03 bits per heavy atom. The summed E-state index contributed by atoms with van der Waals surface area (Å²) in [5, 5.41) is 15.2. The van der Waals surface area contributed by atoms with Crippen LogP contribution in [0, 0.1) is 6.92 Å². The van der Waals surface area contributed by atoms with Gasteiger partial charge in [0.2, 0.25) is 0 Å². The molecule has 0 aliphatic heterocycles. The summed E-state index contributed by atoms with van der Waals surface area (Å²) in [4.78, 5) is 0. The molecule has 0 aromatic heterocycles. The standard InChI is InChI=1S/C26H28ClNO4/c1-5-13-32-24-8-6-7-21(17(24)2)26(29)22-14-19(27)10-12-23(22)28-16-18-9-11-20(30-3)15-25(18)31-4/h5-12,14-15,26,28-29H,1,13,16H2,2-4H3/t26-/m1/s1. The van der Waals surface area contributed by atoms with Crippen LogP contribution in [0.2, 0.25) is 5.02 Å². The minimum Gasteiger partial charge on any atom is -0.497 e. The zero-order valence-corrected chi connectivity index (χ0v) is 19.3. The minimum atomic E-state index is -0.888. The molecule has 0 aliphatic carbocycles. The normalized spacial score (nSPS) is 11.5. The van der Waals surface area contributed by atoms with E-state index in [1.807, 2.05) is 49.4 Å². The number of anilines is 1. The van der Waals surface area contributed by atoms with E-state index in [9.17, 15) is 5.11 Å². The smallest absolute Gasteiger partial charge is 0.127 e. The summed E-state index contributed by atoms with van der Waals surface area (Å²) >= 11 is 6.28. The molecule has 0 fully saturated rings. The molecule has 0 spiro atoms. The number of halogens is 1. The third kappa shape index (κ3) is 5.36. The second-order valence-electron chi connectivity index (χ2n) is 7.24. The third-order valence-corrected chi connectivity index (χ3v) is 5.48. The Morgan fingerprint density at radius 2 is 1.84 bits per heavy atom. The van der Waals surface area contributed by atoms with E-state index in [0.29, 0.717) is 29.5 Å². The zero-order chi connectivity index (χ0) is 23.1. The largest absolute Gasteiger partial charge is 0.497 e. The highest BCUT2D eigenvalue weighted by atomic mass is 35.5. The van der Waals surface area contributed by atoms with Crippen molar-refractivity contribution in [1.82, 2.24) is 0 Å². The summed E-state index contributed by atoms with van der Waals surface area (Å²) in [7, 11) is 3.24. The van der Waals surface area contributed by atoms with Crippen molar-refractivity contribution in [3.8, 4) is 17.2 Å². The molecule has 6 heteroatoms. The van der Waals surface area contributed by atoms with Crippen LogP contribution < -0.4 is 19.5 Å². The molecule has 0 aliphatic rings. The van der Waals surface area contributed by atoms with E-state index < -0.39 is 6.10 Å². The van der Waals surface area contributed by atoms with Crippen LogP contribution in [0.25, 0.3) is 0 Å². The number of methoxy groups -OCH3 is 2. The molecule has 1 atom stereocenters. The molecule has 0 saturated carbocycles. The van der Waals surface area contributed by atoms with Crippen molar-refractivity contribution in [3.05, 3.63) is 94.5 Å². The van der Waals surface area contributed by atoms with E-state index in [2.05, 4.69) is 11.9 Å². The van der Waals surface area contributed by atoms with Gasteiger partial charge in [0.1, 0.15) is 30.0 Å². The fraction of sp³-hybridized carbons (Fsp3) is 0.231. The van der Waals surface area contributed by atoms with Crippen molar-refractivity contribution >= 4 is 17.3 Å². The van der Waals surface area contributed by atoms with Gasteiger partial charge in [0.25, 0.3) is 0 Å². The van der Waals surface area contributed by atoms with Crippen LogP contribution in [0.5, 0.6) is 17.2 Å². The lowest BCUT2D eigenvalue weighted by Gasteiger charge is -2.21. The van der Waals surface area contributed by atoms with Crippen molar-refractivity contribution in [2.24, 2.45) is 0 Å². The highest BCUT2D eigenvalue weighted by Gasteiger charge is 2.19. The number of hydrogen-bond donors (Lipinski definition) is 2. The van der Waals surface area contributed by atoms with Crippen molar-refractivity contribution in [2.45, 2.75) is 19.6 Å². The summed E-state index contributed by atoms with van der Waals surface area (Å²) in [6.07, 6.45) is 0.802. The summed E-state index contributed by atoms with van der Waals surface area (Å²) in [5.74, 6) is 2.15. The number of rotatable bonds is 10. The topological polar surface area (TPSA) is 60.0 Å². The third-order valence-electron chi connectivity index (χ3n) is 5.25. The van der Waals surface area contributed by atoms with Gasteiger partial charge in [-0.2, -0.15) is 0 Å². The van der Waals surface area contributed by atoms with Gasteiger partial charge in [-0.3, -0.25) is 0 Å². The summed E-state index contributed by atoms with van der Waals surface area (Å²) < 4.78 is 16.5. The van der Waals surface area contributed by atoms with Gasteiger partial charge in [0, 0.05) is 34.4 Å². The molecule has 0 radical (unpaired) electrons. The Bertz CT molecular complexity index is 1080. The highest BCUT2D eigenvalue weighted by molar-refractivity contribution is 6.30. The van der Waals surface area contributed by atoms with Gasteiger partial charge in [-0.25, -0.2) is 0 Å². The molecule has 0 heterocycles. The van der Waals surface area contributed by atoms with Crippen LogP contribution in [0.1, 0.15) is 28.4 Å². The fourth-order valence-corrected chi connectivity index (χ4v) is 3.69. The molecule has 168 valence electrons. The quantitative estimate of drug-likeness (QED) is 0.373. The molecule has 5 nitrogen and oxygen atoms in total. The lowest BCUT2D eigenvalue weighted by Crippen LogP contribution is -2.09. The first-order valence-electron chi connectivity index (χ1n) is 10.2. The first-order valence-corrected chi connectivity index (χ1v) is 10.6. The second-order valence-corrected chi connectivity index (χ2v) is 7.67. The zero-order valence-electron chi connectivity index (χ0n) is 18.5. The van der Waals surface area contributed by atoms with Gasteiger partial charge in [-0.05, 0) is 54.4 Å². The average molecular weight is 454 g/mol. The minimum absolute atomic E-state index is 0.397. The maximum absolute atomic E-state index is 11.3. The van der Waals surface area contributed by atoms with Crippen LogP contribution in [-0.4, -0.2) is 25.9 Å². The van der Waals surface area contributed by atoms with E-state index in [-0.39, 0.29) is 0 Å². The predicted octanol–water partition coefficient (Wildman–Crippen LogP) is 5.92. The lowest BCUT2D eigenvalue weighted by molar-refractivity contribution is 0.219. The second kappa shape index (κ2) is 10.9. The Labute approximate surface area is 194 Å². The van der Waals surface area contributed by atoms with Gasteiger partial charge in [0.05, 0.1) is 14.2 Å².